The fourth-order valence-electron chi connectivity index (χ4n) is 1.66. The van der Waals surface area contributed by atoms with Gasteiger partial charge in [0, 0.05) is 11.6 Å². The molecule has 0 saturated carbocycles. The lowest BCUT2D eigenvalue weighted by molar-refractivity contribution is 1.20. The molecule has 0 bridgehead atoms. The van der Waals surface area contributed by atoms with E-state index in [1.807, 2.05) is 42.5 Å². The molecule has 82 valence electrons. The largest absolute Gasteiger partial charge is 0.324 e. The van der Waals surface area contributed by atoms with E-state index in [9.17, 15) is 0 Å². The van der Waals surface area contributed by atoms with Gasteiger partial charge in [0.2, 0.25) is 0 Å². The topological polar surface area (TPSA) is 50.7 Å². The number of anilines is 2. The van der Waals surface area contributed by atoms with Crippen molar-refractivity contribution in [2.45, 2.75) is 0 Å². The van der Waals surface area contributed by atoms with E-state index in [1.165, 1.54) is 0 Å². The van der Waals surface area contributed by atoms with Crippen LogP contribution in [0.2, 0.25) is 0 Å². The zero-order chi connectivity index (χ0) is 11.5. The molecule has 1 aromatic carbocycles. The molecule has 3 aromatic rings. The van der Waals surface area contributed by atoms with Crippen LogP contribution in [-0.4, -0.2) is 15.0 Å². The van der Waals surface area contributed by atoms with E-state index in [0.717, 1.165) is 22.5 Å². The fourth-order valence-corrected chi connectivity index (χ4v) is 1.66. The van der Waals surface area contributed by atoms with Crippen LogP contribution in [0.1, 0.15) is 0 Å². The summed E-state index contributed by atoms with van der Waals surface area (Å²) in [5.41, 5.74) is 0.918. The molecule has 0 aliphatic carbocycles. The Balaban J connectivity index is 2.06. The van der Waals surface area contributed by atoms with Crippen LogP contribution < -0.4 is 5.32 Å². The summed E-state index contributed by atoms with van der Waals surface area (Å²) in [4.78, 5) is 12.7. The highest BCUT2D eigenvalue weighted by molar-refractivity contribution is 5.90. The van der Waals surface area contributed by atoms with Gasteiger partial charge in [0.1, 0.15) is 18.0 Å². The Morgan fingerprint density at radius 3 is 2.59 bits per heavy atom. The maximum atomic E-state index is 4.24. The Bertz CT molecular complexity index is 632. The van der Waals surface area contributed by atoms with Gasteiger partial charge in [-0.25, -0.2) is 15.0 Å². The van der Waals surface area contributed by atoms with Crippen LogP contribution >= 0.6 is 0 Å². The van der Waals surface area contributed by atoms with Crippen LogP contribution in [-0.2, 0) is 0 Å². The van der Waals surface area contributed by atoms with Gasteiger partial charge < -0.3 is 5.32 Å². The number of nitrogens with one attached hydrogen (secondary N) is 1. The van der Waals surface area contributed by atoms with Crippen LogP contribution in [0.3, 0.4) is 0 Å². The molecule has 0 radical (unpaired) electrons. The molecule has 0 spiro atoms. The summed E-state index contributed by atoms with van der Waals surface area (Å²) in [5.74, 6) is 1.55. The van der Waals surface area contributed by atoms with Crippen LogP contribution in [0.4, 0.5) is 11.6 Å². The Kier molecular flexibility index (Phi) is 2.38. The maximum absolute atomic E-state index is 4.24. The second kappa shape index (κ2) is 4.17. The molecular formula is C13H10N4. The molecular weight excluding hydrogens is 212 g/mol. The van der Waals surface area contributed by atoms with Gasteiger partial charge >= 0.3 is 0 Å². The molecule has 3 rings (SSSR count). The zero-order valence-electron chi connectivity index (χ0n) is 9.04. The Morgan fingerprint density at radius 1 is 0.824 bits per heavy atom. The summed E-state index contributed by atoms with van der Waals surface area (Å²) < 4.78 is 0. The van der Waals surface area contributed by atoms with Crippen molar-refractivity contribution in [1.29, 1.82) is 0 Å². The first-order chi connectivity index (χ1) is 8.43. The van der Waals surface area contributed by atoms with E-state index in [2.05, 4.69) is 20.3 Å². The first-order valence-corrected chi connectivity index (χ1v) is 5.31. The number of hydrogen-bond donors (Lipinski definition) is 1. The summed E-state index contributed by atoms with van der Waals surface area (Å²) in [6.45, 7) is 0. The Hall–Kier alpha value is -2.49. The number of nitrogens with zero attached hydrogens (tertiary/aromatic N) is 3. The predicted octanol–water partition coefficient (Wildman–Crippen LogP) is 2.77. The third-order valence-electron chi connectivity index (χ3n) is 2.45. The van der Waals surface area contributed by atoms with Crippen molar-refractivity contribution in [2.24, 2.45) is 0 Å². The number of rotatable bonds is 2. The summed E-state index contributed by atoms with van der Waals surface area (Å²) in [6, 6.07) is 13.6. The smallest absolute Gasteiger partial charge is 0.142 e. The lowest BCUT2D eigenvalue weighted by Gasteiger charge is -2.06. The molecule has 4 nitrogen and oxygen atoms in total. The quantitative estimate of drug-likeness (QED) is 0.724. The van der Waals surface area contributed by atoms with Crippen molar-refractivity contribution in [3.63, 3.8) is 0 Å². The van der Waals surface area contributed by atoms with E-state index in [4.69, 9.17) is 0 Å². The summed E-state index contributed by atoms with van der Waals surface area (Å²) in [6.07, 6.45) is 3.29. The Labute approximate surface area is 98.4 Å². The van der Waals surface area contributed by atoms with Crippen molar-refractivity contribution in [3.05, 3.63) is 55.0 Å². The lowest BCUT2D eigenvalue weighted by atomic mass is 10.2. The SMILES string of the molecule is c1ccc(Nc2ncnc3ccccc23)nc1. The van der Waals surface area contributed by atoms with E-state index in [-0.39, 0.29) is 0 Å². The third kappa shape index (κ3) is 1.92. The van der Waals surface area contributed by atoms with Crippen LogP contribution in [0.5, 0.6) is 0 Å². The van der Waals surface area contributed by atoms with Gasteiger partial charge in [0.05, 0.1) is 5.52 Å². The van der Waals surface area contributed by atoms with Crippen LogP contribution in [0.25, 0.3) is 10.9 Å². The van der Waals surface area contributed by atoms with Crippen molar-refractivity contribution < 1.29 is 0 Å². The van der Waals surface area contributed by atoms with E-state index < -0.39 is 0 Å². The van der Waals surface area contributed by atoms with Crippen molar-refractivity contribution in [3.8, 4) is 0 Å². The zero-order valence-corrected chi connectivity index (χ0v) is 9.04. The molecule has 0 atom stereocenters. The highest BCUT2D eigenvalue weighted by atomic mass is 15.1. The minimum absolute atomic E-state index is 0.773. The number of fused-ring (bicyclic) bond motifs is 1. The van der Waals surface area contributed by atoms with Gasteiger partial charge in [-0.3, -0.25) is 0 Å². The number of aromatic nitrogens is 3. The van der Waals surface area contributed by atoms with Gasteiger partial charge in [0.25, 0.3) is 0 Å². The normalized spacial score (nSPS) is 10.4. The van der Waals surface area contributed by atoms with Gasteiger partial charge in [0.15, 0.2) is 0 Å². The molecule has 4 heteroatoms. The summed E-state index contributed by atoms with van der Waals surface area (Å²) in [5, 5.41) is 4.17. The molecule has 0 fully saturated rings. The van der Waals surface area contributed by atoms with Crippen LogP contribution in [0, 0.1) is 0 Å². The molecule has 0 aliphatic rings. The summed E-state index contributed by atoms with van der Waals surface area (Å²) in [7, 11) is 0. The standard InChI is InChI=1S/C13H10N4/c1-2-6-11-10(5-1)13(16-9-15-11)17-12-7-3-4-8-14-12/h1-9H,(H,14,15,16,17). The number of pyridine rings is 1. The van der Waals surface area contributed by atoms with E-state index in [0.29, 0.717) is 0 Å². The minimum atomic E-state index is 0.773. The predicted molar refractivity (Wildman–Crippen MR) is 67.1 cm³/mol. The molecule has 2 aromatic heterocycles. The average Bonchev–Trinajstić information content (AvgIpc) is 2.40. The molecule has 0 saturated heterocycles. The lowest BCUT2D eigenvalue weighted by Crippen LogP contribution is -1.97. The van der Waals surface area contributed by atoms with Gasteiger partial charge in [-0.15, -0.1) is 0 Å². The van der Waals surface area contributed by atoms with Crippen molar-refractivity contribution in [2.75, 3.05) is 5.32 Å². The van der Waals surface area contributed by atoms with Gasteiger partial charge in [-0.2, -0.15) is 0 Å². The second-order valence-corrected chi connectivity index (χ2v) is 3.58. The summed E-state index contributed by atoms with van der Waals surface area (Å²) >= 11 is 0. The van der Waals surface area contributed by atoms with Crippen molar-refractivity contribution >= 4 is 22.5 Å². The monoisotopic (exact) mass is 222 g/mol. The number of para-hydroxylation sites is 1. The van der Waals surface area contributed by atoms with E-state index >= 15 is 0 Å². The average molecular weight is 222 g/mol. The maximum Gasteiger partial charge on any atom is 0.142 e. The van der Waals surface area contributed by atoms with Crippen molar-refractivity contribution in [1.82, 2.24) is 15.0 Å². The molecule has 17 heavy (non-hydrogen) atoms. The van der Waals surface area contributed by atoms with Gasteiger partial charge in [-0.05, 0) is 24.3 Å². The fraction of sp³-hybridized carbons (Fsp3) is 0. The number of hydrogen-bond acceptors (Lipinski definition) is 4. The highest BCUT2D eigenvalue weighted by Crippen LogP contribution is 2.20. The van der Waals surface area contributed by atoms with Gasteiger partial charge in [-0.1, -0.05) is 18.2 Å². The Morgan fingerprint density at radius 2 is 1.71 bits per heavy atom. The first-order valence-electron chi connectivity index (χ1n) is 5.31. The number of benzene rings is 1. The third-order valence-corrected chi connectivity index (χ3v) is 2.45. The molecule has 0 aliphatic heterocycles. The van der Waals surface area contributed by atoms with E-state index in [1.54, 1.807) is 12.5 Å². The second-order valence-electron chi connectivity index (χ2n) is 3.58. The first kappa shape index (κ1) is 9.72. The molecule has 2 heterocycles. The molecule has 1 N–H and O–H groups in total. The highest BCUT2D eigenvalue weighted by Gasteiger charge is 2.02. The molecule has 0 amide bonds. The molecule has 0 unspecified atom stereocenters. The minimum Gasteiger partial charge on any atom is -0.324 e. The van der Waals surface area contributed by atoms with Crippen LogP contribution in [0.15, 0.2) is 55.0 Å².